The first kappa shape index (κ1) is 39.7. The Bertz CT molecular complexity index is 1540. The van der Waals surface area contributed by atoms with E-state index in [9.17, 15) is 9.59 Å². The molecule has 1 aromatic heterocycles. The molecule has 2 aromatic carbocycles. The van der Waals surface area contributed by atoms with Gasteiger partial charge >= 0.3 is 11.9 Å². The van der Waals surface area contributed by atoms with Crippen molar-refractivity contribution in [2.45, 2.75) is 135 Å². The summed E-state index contributed by atoms with van der Waals surface area (Å²) in [4.78, 5) is 25.1. The number of carbonyl (C=O) groups excluding carboxylic acids is 2. The molecule has 0 N–H and O–H groups in total. The lowest BCUT2D eigenvalue weighted by Crippen LogP contribution is -2.13. The molecule has 280 valence electrons. The zero-order valence-corrected chi connectivity index (χ0v) is 31.6. The van der Waals surface area contributed by atoms with E-state index in [1.165, 1.54) is 84.2 Å². The van der Waals surface area contributed by atoms with E-state index in [1.807, 2.05) is 24.4 Å². The second-order valence-corrected chi connectivity index (χ2v) is 13.6. The fourth-order valence-corrected chi connectivity index (χ4v) is 7.13. The third kappa shape index (κ3) is 11.2. The molecule has 1 aliphatic carbocycles. The number of fused-ring (bicyclic) bond motifs is 3. The molecule has 0 amide bonds. The minimum Gasteiger partial charge on any atom is -0.493 e. The Balaban J connectivity index is 1.28. The molecule has 3 aromatic rings. The lowest BCUT2D eigenvalue weighted by Gasteiger charge is -2.21. The van der Waals surface area contributed by atoms with Crippen LogP contribution >= 0.6 is 0 Å². The number of carbonyl (C=O) groups is 2. The first-order valence-corrected chi connectivity index (χ1v) is 19.1. The maximum Gasteiger partial charge on any atom is 0.337 e. The average Bonchev–Trinajstić information content (AvgIpc) is 3.56. The van der Waals surface area contributed by atoms with E-state index < -0.39 is 5.97 Å². The van der Waals surface area contributed by atoms with Crippen LogP contribution in [0, 0.1) is 0 Å². The monoisotopic (exact) mass is 705 g/mol. The van der Waals surface area contributed by atoms with Crippen LogP contribution in [-0.2, 0) is 27.3 Å². The predicted molar refractivity (Wildman–Crippen MR) is 199 cm³/mol. The van der Waals surface area contributed by atoms with Gasteiger partial charge < -0.3 is 23.7 Å². The highest BCUT2D eigenvalue weighted by Gasteiger charge is 2.31. The summed E-state index contributed by atoms with van der Waals surface area (Å²) in [6, 6.07) is 7.21. The summed E-state index contributed by atoms with van der Waals surface area (Å²) in [5, 5.41) is 8.78. The van der Waals surface area contributed by atoms with Crippen LogP contribution in [0.2, 0.25) is 0 Å². The van der Waals surface area contributed by atoms with Gasteiger partial charge in [0.05, 0.1) is 46.2 Å². The number of rotatable bonds is 23. The summed E-state index contributed by atoms with van der Waals surface area (Å²) in [5.74, 6) is 0.982. The standard InChI is InChI=1S/C41H59N3O7/c1-6-7-8-9-10-11-12-13-14-15-16-17-18-19-20-21-37(45)51-29-32-28-44(43-42-32)35-25-23-30-27-36(47-2)39(48-3)40(49-4)38(30)33-24-22-31(26-34(33)35)41(46)50-5/h22,24,26-28,35H,6-21,23,25,29H2,1-5H3/t35-/m0/s1. The van der Waals surface area contributed by atoms with Crippen LogP contribution in [0.1, 0.15) is 149 Å². The maximum absolute atomic E-state index is 12.6. The van der Waals surface area contributed by atoms with Gasteiger partial charge in [-0.3, -0.25) is 4.79 Å². The Morgan fingerprint density at radius 3 is 2.00 bits per heavy atom. The second-order valence-electron chi connectivity index (χ2n) is 13.6. The molecule has 0 radical (unpaired) electrons. The van der Waals surface area contributed by atoms with Gasteiger partial charge in [0.15, 0.2) is 11.5 Å². The van der Waals surface area contributed by atoms with E-state index in [2.05, 4.69) is 17.2 Å². The summed E-state index contributed by atoms with van der Waals surface area (Å²) in [6.45, 7) is 2.33. The van der Waals surface area contributed by atoms with Crippen molar-refractivity contribution < 1.29 is 33.3 Å². The van der Waals surface area contributed by atoms with Crippen molar-refractivity contribution in [3.63, 3.8) is 0 Å². The maximum atomic E-state index is 12.6. The molecule has 0 spiro atoms. The predicted octanol–water partition coefficient (Wildman–Crippen LogP) is 9.60. The third-order valence-electron chi connectivity index (χ3n) is 9.94. The molecule has 1 heterocycles. The van der Waals surface area contributed by atoms with Crippen molar-refractivity contribution in [3.8, 4) is 28.4 Å². The summed E-state index contributed by atoms with van der Waals surface area (Å²) in [7, 11) is 6.15. The fraction of sp³-hybridized carbons (Fsp3) is 0.610. The number of aromatic nitrogens is 3. The topological polar surface area (TPSA) is 111 Å². The van der Waals surface area contributed by atoms with Gasteiger partial charge in [0, 0.05) is 12.0 Å². The number of aryl methyl sites for hydroxylation is 1. The highest BCUT2D eigenvalue weighted by molar-refractivity contribution is 5.92. The van der Waals surface area contributed by atoms with E-state index in [0.717, 1.165) is 41.5 Å². The molecule has 0 bridgehead atoms. The lowest BCUT2D eigenvalue weighted by molar-refractivity contribution is -0.145. The second kappa shape index (κ2) is 21.3. The first-order chi connectivity index (χ1) is 24.9. The van der Waals surface area contributed by atoms with E-state index in [0.29, 0.717) is 47.8 Å². The van der Waals surface area contributed by atoms with E-state index in [-0.39, 0.29) is 18.6 Å². The van der Waals surface area contributed by atoms with Gasteiger partial charge in [-0.1, -0.05) is 108 Å². The van der Waals surface area contributed by atoms with Crippen LogP contribution in [0.5, 0.6) is 17.2 Å². The Kier molecular flexibility index (Phi) is 16.6. The molecule has 10 nitrogen and oxygen atoms in total. The Morgan fingerprint density at radius 1 is 0.784 bits per heavy atom. The summed E-state index contributed by atoms with van der Waals surface area (Å²) >= 11 is 0. The van der Waals surface area contributed by atoms with Gasteiger partial charge in [-0.05, 0) is 54.2 Å². The Labute approximate surface area is 304 Å². The summed E-state index contributed by atoms with van der Waals surface area (Å²) < 4.78 is 29.6. The molecule has 4 rings (SSSR count). The highest BCUT2D eigenvalue weighted by Crippen LogP contribution is 2.51. The molecule has 10 heteroatoms. The van der Waals surface area contributed by atoms with Crippen LogP contribution in [0.4, 0.5) is 0 Å². The van der Waals surface area contributed by atoms with Gasteiger partial charge in [-0.25, -0.2) is 9.48 Å². The normalized spacial score (nSPS) is 13.5. The van der Waals surface area contributed by atoms with Crippen molar-refractivity contribution in [2.24, 2.45) is 0 Å². The van der Waals surface area contributed by atoms with Gasteiger partial charge in [0.1, 0.15) is 12.3 Å². The van der Waals surface area contributed by atoms with Crippen molar-refractivity contribution in [1.29, 1.82) is 0 Å². The van der Waals surface area contributed by atoms with E-state index >= 15 is 0 Å². The molecule has 0 fully saturated rings. The SMILES string of the molecule is CCCCCCCCCCCCCCCCCC(=O)OCc1cn([C@H]2CCc3cc(OC)c(OC)c(OC)c3-c3ccc(C(=O)OC)cc32)nn1. The van der Waals surface area contributed by atoms with Crippen LogP contribution in [0.25, 0.3) is 11.1 Å². The quantitative estimate of drug-likeness (QED) is 0.0703. The minimum absolute atomic E-state index is 0.0573. The summed E-state index contributed by atoms with van der Waals surface area (Å²) in [6.07, 6.45) is 22.8. The molecular weight excluding hydrogens is 646 g/mol. The molecule has 1 aliphatic rings. The van der Waals surface area contributed by atoms with Gasteiger partial charge in [0.25, 0.3) is 0 Å². The minimum atomic E-state index is -0.430. The molecule has 51 heavy (non-hydrogen) atoms. The molecule has 0 saturated carbocycles. The largest absolute Gasteiger partial charge is 0.493 e. The number of unbranched alkanes of at least 4 members (excludes halogenated alkanes) is 14. The number of esters is 2. The number of benzene rings is 2. The number of hydrogen-bond acceptors (Lipinski definition) is 9. The van der Waals surface area contributed by atoms with Crippen LogP contribution in [0.15, 0.2) is 30.5 Å². The number of hydrogen-bond donors (Lipinski definition) is 0. The lowest BCUT2D eigenvalue weighted by atomic mass is 9.92. The summed E-state index contributed by atoms with van der Waals surface area (Å²) in [5.41, 5.74) is 4.63. The first-order valence-electron chi connectivity index (χ1n) is 19.1. The zero-order chi connectivity index (χ0) is 36.4. The molecular formula is C41H59N3O7. The average molecular weight is 706 g/mol. The number of ether oxygens (including phenoxy) is 5. The number of nitrogens with zero attached hydrogens (tertiary/aromatic N) is 3. The van der Waals surface area contributed by atoms with Crippen molar-refractivity contribution >= 4 is 11.9 Å². The van der Waals surface area contributed by atoms with Gasteiger partial charge in [0.2, 0.25) is 5.75 Å². The van der Waals surface area contributed by atoms with Crippen molar-refractivity contribution in [1.82, 2.24) is 15.0 Å². The Morgan fingerprint density at radius 2 is 1.41 bits per heavy atom. The third-order valence-corrected chi connectivity index (χ3v) is 9.94. The van der Waals surface area contributed by atoms with Crippen molar-refractivity contribution in [2.75, 3.05) is 28.4 Å². The van der Waals surface area contributed by atoms with Crippen LogP contribution < -0.4 is 14.2 Å². The van der Waals surface area contributed by atoms with E-state index in [1.54, 1.807) is 32.1 Å². The van der Waals surface area contributed by atoms with Crippen LogP contribution in [0.3, 0.4) is 0 Å². The van der Waals surface area contributed by atoms with Gasteiger partial charge in [-0.2, -0.15) is 0 Å². The fourth-order valence-electron chi connectivity index (χ4n) is 7.13. The van der Waals surface area contributed by atoms with Gasteiger partial charge in [-0.15, -0.1) is 5.10 Å². The number of methoxy groups -OCH3 is 4. The van der Waals surface area contributed by atoms with E-state index in [4.69, 9.17) is 23.7 Å². The molecule has 1 atom stereocenters. The molecule has 0 saturated heterocycles. The van der Waals surface area contributed by atoms with Crippen LogP contribution in [-0.4, -0.2) is 55.4 Å². The van der Waals surface area contributed by atoms with Crippen molar-refractivity contribution in [3.05, 3.63) is 52.8 Å². The smallest absolute Gasteiger partial charge is 0.337 e. The zero-order valence-electron chi connectivity index (χ0n) is 31.6. The molecule has 0 unspecified atom stereocenters. The Hall–Kier alpha value is -4.08. The highest BCUT2D eigenvalue weighted by atomic mass is 16.5. The molecule has 0 aliphatic heterocycles.